The topological polar surface area (TPSA) is 106 Å². The zero-order valence-electron chi connectivity index (χ0n) is 11.5. The Morgan fingerprint density at radius 1 is 1.55 bits per heavy atom. The minimum atomic E-state index is -0.880. The summed E-state index contributed by atoms with van der Waals surface area (Å²) in [5.41, 5.74) is -0.862. The molecule has 8 nitrogen and oxygen atoms in total. The third-order valence-corrected chi connectivity index (χ3v) is 3.36. The SMILES string of the molecule is Cc1noc(COCC(=O)N2CCC(C)(C(=O)O)C2)n1. The van der Waals surface area contributed by atoms with Gasteiger partial charge in [-0.15, -0.1) is 0 Å². The minimum Gasteiger partial charge on any atom is -0.481 e. The van der Waals surface area contributed by atoms with Crippen LogP contribution in [0, 0.1) is 12.3 Å². The van der Waals surface area contributed by atoms with Crippen molar-refractivity contribution < 1.29 is 24.0 Å². The van der Waals surface area contributed by atoms with Crippen LogP contribution in [0.3, 0.4) is 0 Å². The van der Waals surface area contributed by atoms with Gasteiger partial charge in [-0.05, 0) is 20.3 Å². The molecule has 20 heavy (non-hydrogen) atoms. The van der Waals surface area contributed by atoms with Crippen LogP contribution in [0.15, 0.2) is 4.52 Å². The zero-order valence-corrected chi connectivity index (χ0v) is 11.5. The van der Waals surface area contributed by atoms with Crippen LogP contribution in [-0.2, 0) is 20.9 Å². The third-order valence-electron chi connectivity index (χ3n) is 3.36. The van der Waals surface area contributed by atoms with E-state index in [-0.39, 0.29) is 25.7 Å². The molecule has 1 aromatic heterocycles. The molecule has 8 heteroatoms. The molecule has 0 aliphatic carbocycles. The number of rotatable bonds is 5. The number of amides is 1. The van der Waals surface area contributed by atoms with Gasteiger partial charge in [0.15, 0.2) is 5.82 Å². The first kappa shape index (κ1) is 14.4. The highest BCUT2D eigenvalue weighted by atomic mass is 16.5. The fraction of sp³-hybridized carbons (Fsp3) is 0.667. The second kappa shape index (κ2) is 5.58. The van der Waals surface area contributed by atoms with Crippen LogP contribution in [0.1, 0.15) is 25.1 Å². The Hall–Kier alpha value is -1.96. The normalized spacial score (nSPS) is 22.2. The molecule has 0 saturated carbocycles. The summed E-state index contributed by atoms with van der Waals surface area (Å²) in [5, 5.41) is 12.7. The van der Waals surface area contributed by atoms with E-state index >= 15 is 0 Å². The zero-order chi connectivity index (χ0) is 14.8. The van der Waals surface area contributed by atoms with Gasteiger partial charge in [-0.25, -0.2) is 0 Å². The number of nitrogens with zero attached hydrogens (tertiary/aromatic N) is 3. The molecule has 0 aromatic carbocycles. The Labute approximate surface area is 115 Å². The van der Waals surface area contributed by atoms with Crippen molar-refractivity contribution >= 4 is 11.9 Å². The van der Waals surface area contributed by atoms with Gasteiger partial charge in [0.25, 0.3) is 5.89 Å². The van der Waals surface area contributed by atoms with Gasteiger partial charge in [-0.1, -0.05) is 5.16 Å². The van der Waals surface area contributed by atoms with Crippen LogP contribution in [0.25, 0.3) is 0 Å². The summed E-state index contributed by atoms with van der Waals surface area (Å²) in [6.45, 7) is 3.92. The number of aryl methyl sites for hydroxylation is 1. The van der Waals surface area contributed by atoms with E-state index in [1.54, 1.807) is 13.8 Å². The maximum atomic E-state index is 11.9. The summed E-state index contributed by atoms with van der Waals surface area (Å²) in [5.74, 6) is -0.292. The van der Waals surface area contributed by atoms with E-state index in [2.05, 4.69) is 10.1 Å². The number of likely N-dealkylation sites (tertiary alicyclic amines) is 1. The molecule has 1 aromatic rings. The molecule has 1 unspecified atom stereocenters. The van der Waals surface area contributed by atoms with Gasteiger partial charge in [-0.2, -0.15) is 4.98 Å². The van der Waals surface area contributed by atoms with Crippen LogP contribution in [0.4, 0.5) is 0 Å². The van der Waals surface area contributed by atoms with Crippen molar-refractivity contribution in [3.05, 3.63) is 11.7 Å². The van der Waals surface area contributed by atoms with Crippen LogP contribution in [0.2, 0.25) is 0 Å². The number of hydrogen-bond donors (Lipinski definition) is 1. The Morgan fingerprint density at radius 3 is 2.85 bits per heavy atom. The first-order valence-electron chi connectivity index (χ1n) is 6.29. The van der Waals surface area contributed by atoms with Crippen molar-refractivity contribution in [2.24, 2.45) is 5.41 Å². The maximum absolute atomic E-state index is 11.9. The lowest BCUT2D eigenvalue weighted by Crippen LogP contribution is -2.36. The Morgan fingerprint density at radius 2 is 2.30 bits per heavy atom. The van der Waals surface area contributed by atoms with Gasteiger partial charge in [0.2, 0.25) is 5.91 Å². The van der Waals surface area contributed by atoms with Crippen LogP contribution < -0.4 is 0 Å². The summed E-state index contributed by atoms with van der Waals surface area (Å²) in [4.78, 5) is 28.4. The molecule has 110 valence electrons. The van der Waals surface area contributed by atoms with Crippen molar-refractivity contribution in [3.8, 4) is 0 Å². The van der Waals surface area contributed by atoms with E-state index < -0.39 is 11.4 Å². The number of hydrogen-bond acceptors (Lipinski definition) is 6. The summed E-state index contributed by atoms with van der Waals surface area (Å²) in [6, 6.07) is 0. The van der Waals surface area contributed by atoms with Crippen molar-refractivity contribution in [2.45, 2.75) is 26.9 Å². The largest absolute Gasteiger partial charge is 0.481 e. The molecule has 2 rings (SSSR count). The second-order valence-corrected chi connectivity index (χ2v) is 5.16. The number of aromatic nitrogens is 2. The molecule has 1 amide bonds. The van der Waals surface area contributed by atoms with Gasteiger partial charge in [-0.3, -0.25) is 9.59 Å². The van der Waals surface area contributed by atoms with Gasteiger partial charge < -0.3 is 19.3 Å². The van der Waals surface area contributed by atoms with E-state index in [4.69, 9.17) is 14.4 Å². The minimum absolute atomic E-state index is 0.0661. The number of aliphatic carboxylic acids is 1. The van der Waals surface area contributed by atoms with Crippen molar-refractivity contribution in [3.63, 3.8) is 0 Å². The predicted octanol–water partition coefficient (Wildman–Crippen LogP) is 0.218. The van der Waals surface area contributed by atoms with Gasteiger partial charge in [0.05, 0.1) is 5.41 Å². The van der Waals surface area contributed by atoms with E-state index in [1.165, 1.54) is 4.90 Å². The number of carboxylic acids is 1. The van der Waals surface area contributed by atoms with Crippen molar-refractivity contribution in [1.82, 2.24) is 15.0 Å². The van der Waals surface area contributed by atoms with E-state index in [0.717, 1.165) is 0 Å². The van der Waals surface area contributed by atoms with E-state index in [9.17, 15) is 9.59 Å². The molecule has 1 N–H and O–H groups in total. The first-order valence-corrected chi connectivity index (χ1v) is 6.29. The van der Waals surface area contributed by atoms with Gasteiger partial charge >= 0.3 is 5.97 Å². The van der Waals surface area contributed by atoms with Gasteiger partial charge in [0.1, 0.15) is 13.2 Å². The standard InChI is InChI=1S/C12H17N3O5/c1-8-13-9(20-14-8)5-19-6-10(16)15-4-3-12(2,7-15)11(17)18/h3-7H2,1-2H3,(H,17,18). The number of carboxylic acid groups (broad SMARTS) is 1. The molecule has 0 spiro atoms. The summed E-state index contributed by atoms with van der Waals surface area (Å²) >= 11 is 0. The lowest BCUT2D eigenvalue weighted by molar-refractivity contribution is -0.147. The fourth-order valence-electron chi connectivity index (χ4n) is 2.06. The number of carbonyl (C=O) groups is 2. The highest BCUT2D eigenvalue weighted by Crippen LogP contribution is 2.30. The predicted molar refractivity (Wildman–Crippen MR) is 65.6 cm³/mol. The Kier molecular flexibility index (Phi) is 4.03. The van der Waals surface area contributed by atoms with Crippen molar-refractivity contribution in [1.29, 1.82) is 0 Å². The monoisotopic (exact) mass is 283 g/mol. The lowest BCUT2D eigenvalue weighted by Gasteiger charge is -2.19. The average Bonchev–Trinajstić information content (AvgIpc) is 2.97. The third kappa shape index (κ3) is 3.13. The summed E-state index contributed by atoms with van der Waals surface area (Å²) in [7, 11) is 0. The maximum Gasteiger partial charge on any atom is 0.311 e. The number of carbonyl (C=O) groups excluding carboxylic acids is 1. The van der Waals surface area contributed by atoms with Crippen LogP contribution in [0.5, 0.6) is 0 Å². The number of ether oxygens (including phenoxy) is 1. The molecule has 1 aliphatic rings. The summed E-state index contributed by atoms with van der Waals surface area (Å²) < 4.78 is 10.0. The van der Waals surface area contributed by atoms with E-state index in [1.807, 2.05) is 0 Å². The van der Waals surface area contributed by atoms with Crippen LogP contribution >= 0.6 is 0 Å². The summed E-state index contributed by atoms with van der Waals surface area (Å²) in [6.07, 6.45) is 0.455. The van der Waals surface area contributed by atoms with Crippen molar-refractivity contribution in [2.75, 3.05) is 19.7 Å². The molecule has 1 saturated heterocycles. The molecule has 2 heterocycles. The molecule has 1 atom stereocenters. The average molecular weight is 283 g/mol. The van der Waals surface area contributed by atoms with Gasteiger partial charge in [0, 0.05) is 13.1 Å². The molecule has 1 aliphatic heterocycles. The molecule has 0 radical (unpaired) electrons. The highest BCUT2D eigenvalue weighted by molar-refractivity contribution is 5.81. The fourth-order valence-corrected chi connectivity index (χ4v) is 2.06. The van der Waals surface area contributed by atoms with Crippen LogP contribution in [-0.4, -0.2) is 51.7 Å². The molecule has 1 fully saturated rings. The smallest absolute Gasteiger partial charge is 0.311 e. The van der Waals surface area contributed by atoms with E-state index in [0.29, 0.717) is 24.7 Å². The Bertz CT molecular complexity index is 515. The highest BCUT2D eigenvalue weighted by Gasteiger charge is 2.41. The molecular formula is C12H17N3O5. The molecule has 0 bridgehead atoms. The molecular weight excluding hydrogens is 266 g/mol. The first-order chi connectivity index (χ1) is 9.40. The quantitative estimate of drug-likeness (QED) is 0.823. The lowest BCUT2D eigenvalue weighted by atomic mass is 9.90. The Balaban J connectivity index is 1.77. The second-order valence-electron chi connectivity index (χ2n) is 5.16.